The molecule has 2 aromatic rings. The van der Waals surface area contributed by atoms with Crippen molar-refractivity contribution in [3.8, 4) is 5.75 Å². The van der Waals surface area contributed by atoms with Crippen LogP contribution in [0.2, 0.25) is 0 Å². The van der Waals surface area contributed by atoms with Gasteiger partial charge in [-0.15, -0.1) is 0 Å². The predicted octanol–water partition coefficient (Wildman–Crippen LogP) is 4.54. The van der Waals surface area contributed by atoms with Crippen molar-refractivity contribution >= 4 is 23.4 Å². The molecule has 196 valence electrons. The van der Waals surface area contributed by atoms with Crippen LogP contribution < -0.4 is 9.64 Å². The van der Waals surface area contributed by atoms with Gasteiger partial charge in [0, 0.05) is 32.2 Å². The molecule has 7 heteroatoms. The van der Waals surface area contributed by atoms with E-state index >= 15 is 0 Å². The van der Waals surface area contributed by atoms with Gasteiger partial charge in [-0.05, 0) is 74.8 Å². The van der Waals surface area contributed by atoms with Gasteiger partial charge in [0.15, 0.2) is 0 Å². The molecule has 0 N–H and O–H groups in total. The van der Waals surface area contributed by atoms with Gasteiger partial charge in [-0.1, -0.05) is 25.1 Å². The molecule has 37 heavy (non-hydrogen) atoms. The molecule has 3 aliphatic rings. The largest absolute Gasteiger partial charge is 0.497 e. The smallest absolute Gasteiger partial charge is 0.263 e. The second-order valence-corrected chi connectivity index (χ2v) is 10.4. The van der Waals surface area contributed by atoms with Gasteiger partial charge in [0.05, 0.1) is 29.8 Å². The van der Waals surface area contributed by atoms with Crippen molar-refractivity contribution in [2.24, 2.45) is 5.92 Å². The number of fused-ring (bicyclic) bond motifs is 1. The fourth-order valence-electron chi connectivity index (χ4n) is 6.20. The molecule has 5 rings (SSSR count). The Morgan fingerprint density at radius 2 is 1.84 bits per heavy atom. The first kappa shape index (κ1) is 25.3. The van der Waals surface area contributed by atoms with Crippen molar-refractivity contribution < 1.29 is 19.1 Å². The lowest BCUT2D eigenvalue weighted by Crippen LogP contribution is -2.50. The Bertz CT molecular complexity index is 1180. The number of nitrogens with zero attached hydrogens (tertiary/aromatic N) is 3. The van der Waals surface area contributed by atoms with Crippen LogP contribution in [0, 0.1) is 5.92 Å². The molecule has 2 aromatic carbocycles. The topological polar surface area (TPSA) is 70.2 Å². The first-order valence-electron chi connectivity index (χ1n) is 13.7. The lowest BCUT2D eigenvalue weighted by molar-refractivity contribution is -0.139. The van der Waals surface area contributed by atoms with E-state index in [0.29, 0.717) is 36.7 Å². The number of anilines is 1. The summed E-state index contributed by atoms with van der Waals surface area (Å²) in [6.45, 7) is 4.70. The number of benzene rings is 2. The number of methoxy groups -OCH3 is 1. The summed E-state index contributed by atoms with van der Waals surface area (Å²) in [5, 5.41) is 0. The Kier molecular flexibility index (Phi) is 7.49. The number of hydrogen-bond acceptors (Lipinski definition) is 5. The quantitative estimate of drug-likeness (QED) is 0.519. The molecular formula is C30H37N3O4. The van der Waals surface area contributed by atoms with Crippen molar-refractivity contribution in [3.05, 3.63) is 59.2 Å². The summed E-state index contributed by atoms with van der Waals surface area (Å²) in [6.07, 6.45) is 6.69. The second-order valence-electron chi connectivity index (χ2n) is 10.4. The van der Waals surface area contributed by atoms with Crippen molar-refractivity contribution in [2.75, 3.05) is 38.2 Å². The van der Waals surface area contributed by atoms with Crippen molar-refractivity contribution in [3.63, 3.8) is 0 Å². The third kappa shape index (κ3) is 4.96. The highest BCUT2D eigenvalue weighted by atomic mass is 16.5. The Labute approximate surface area is 219 Å². The molecule has 0 spiro atoms. The molecule has 0 saturated carbocycles. The first-order chi connectivity index (χ1) is 18.0. The highest BCUT2D eigenvalue weighted by Gasteiger charge is 2.40. The number of likely N-dealkylation sites (tertiary alicyclic amines) is 1. The van der Waals surface area contributed by atoms with E-state index in [1.165, 1.54) is 11.3 Å². The minimum absolute atomic E-state index is 0.0758. The van der Waals surface area contributed by atoms with Crippen molar-refractivity contribution in [1.82, 2.24) is 9.80 Å². The number of ether oxygens (including phenoxy) is 1. The van der Waals surface area contributed by atoms with Gasteiger partial charge in [-0.3, -0.25) is 19.3 Å². The second kappa shape index (κ2) is 11.0. The van der Waals surface area contributed by atoms with Crippen LogP contribution in [-0.4, -0.2) is 66.9 Å². The lowest BCUT2D eigenvalue weighted by Gasteiger charge is -2.41. The van der Waals surface area contributed by atoms with E-state index in [-0.39, 0.29) is 23.6 Å². The van der Waals surface area contributed by atoms with Crippen LogP contribution in [-0.2, 0) is 11.2 Å². The van der Waals surface area contributed by atoms with E-state index in [4.69, 9.17) is 4.74 Å². The fourth-order valence-corrected chi connectivity index (χ4v) is 6.20. The normalized spacial score (nSPS) is 21.8. The summed E-state index contributed by atoms with van der Waals surface area (Å²) in [5.41, 5.74) is 2.74. The van der Waals surface area contributed by atoms with Crippen molar-refractivity contribution in [2.45, 2.75) is 57.9 Å². The maximum Gasteiger partial charge on any atom is 0.263 e. The minimum atomic E-state index is -0.242. The number of hydrogen-bond donors (Lipinski definition) is 0. The van der Waals surface area contributed by atoms with E-state index < -0.39 is 0 Å². The summed E-state index contributed by atoms with van der Waals surface area (Å²) in [7, 11) is 1.62. The van der Waals surface area contributed by atoms with E-state index in [9.17, 15) is 14.4 Å². The van der Waals surface area contributed by atoms with E-state index in [2.05, 4.69) is 16.7 Å². The van der Waals surface area contributed by atoms with E-state index in [0.717, 1.165) is 62.2 Å². The highest BCUT2D eigenvalue weighted by molar-refractivity contribution is 6.23. The zero-order valence-electron chi connectivity index (χ0n) is 21.9. The van der Waals surface area contributed by atoms with Gasteiger partial charge in [0.2, 0.25) is 5.91 Å². The van der Waals surface area contributed by atoms with Crippen LogP contribution in [0.5, 0.6) is 5.75 Å². The number of amides is 3. The first-order valence-corrected chi connectivity index (χ1v) is 13.7. The molecule has 3 amide bonds. The van der Waals surface area contributed by atoms with E-state index in [1.54, 1.807) is 13.2 Å². The molecule has 2 atom stereocenters. The van der Waals surface area contributed by atoms with Crippen LogP contribution in [0.25, 0.3) is 0 Å². The van der Waals surface area contributed by atoms with E-state index in [1.807, 2.05) is 36.4 Å². The molecule has 3 heterocycles. The molecule has 0 unspecified atom stereocenters. The van der Waals surface area contributed by atoms with Gasteiger partial charge in [0.25, 0.3) is 11.8 Å². The van der Waals surface area contributed by atoms with Gasteiger partial charge in [0.1, 0.15) is 5.75 Å². The standard InChI is InChI=1S/C30H37N3O4/c1-3-23-11-4-5-17-32(23)28(34)22-10-8-16-31(20-22)26-14-7-13-25-27(26)30(36)33(29(25)35)18-15-21-9-6-12-24(19-21)37-2/h6-7,9,12-14,19,22-23H,3-5,8,10-11,15-18,20H2,1-2H3/t22-,23-/m0/s1. The Morgan fingerprint density at radius 3 is 2.65 bits per heavy atom. The molecule has 0 aromatic heterocycles. The minimum Gasteiger partial charge on any atom is -0.497 e. The number of imide groups is 1. The maximum absolute atomic E-state index is 13.5. The van der Waals surface area contributed by atoms with Crippen LogP contribution >= 0.6 is 0 Å². The van der Waals surface area contributed by atoms with Crippen LogP contribution in [0.3, 0.4) is 0 Å². The average Bonchev–Trinajstić information content (AvgIpc) is 3.20. The fraction of sp³-hybridized carbons (Fsp3) is 0.500. The molecule has 7 nitrogen and oxygen atoms in total. The number of piperidine rings is 2. The molecule has 0 radical (unpaired) electrons. The summed E-state index contributed by atoms with van der Waals surface area (Å²) in [6, 6.07) is 13.6. The zero-order chi connectivity index (χ0) is 25.9. The predicted molar refractivity (Wildman–Crippen MR) is 143 cm³/mol. The average molecular weight is 504 g/mol. The SMILES string of the molecule is CC[C@H]1CCCCN1C(=O)[C@H]1CCCN(c2cccc3c2C(=O)N(CCc2cccc(OC)c2)C3=O)C1. The number of carbonyl (C=O) groups is 3. The Hall–Kier alpha value is -3.35. The Morgan fingerprint density at radius 1 is 1.00 bits per heavy atom. The number of rotatable bonds is 7. The van der Waals surface area contributed by atoms with Crippen LogP contribution in [0.15, 0.2) is 42.5 Å². The third-order valence-corrected chi connectivity index (χ3v) is 8.23. The number of carbonyl (C=O) groups excluding carboxylic acids is 3. The van der Waals surface area contributed by atoms with Gasteiger partial charge < -0.3 is 14.5 Å². The summed E-state index contributed by atoms with van der Waals surface area (Å²) < 4.78 is 5.30. The monoisotopic (exact) mass is 503 g/mol. The zero-order valence-corrected chi connectivity index (χ0v) is 21.9. The third-order valence-electron chi connectivity index (χ3n) is 8.23. The summed E-state index contributed by atoms with van der Waals surface area (Å²) in [4.78, 5) is 45.9. The van der Waals surface area contributed by atoms with Gasteiger partial charge in [-0.25, -0.2) is 0 Å². The van der Waals surface area contributed by atoms with Crippen LogP contribution in [0.4, 0.5) is 5.69 Å². The van der Waals surface area contributed by atoms with Crippen LogP contribution in [0.1, 0.15) is 71.7 Å². The summed E-state index contributed by atoms with van der Waals surface area (Å²) in [5.74, 6) is 0.452. The highest BCUT2D eigenvalue weighted by Crippen LogP contribution is 2.35. The van der Waals surface area contributed by atoms with Crippen molar-refractivity contribution in [1.29, 1.82) is 0 Å². The molecule has 3 aliphatic heterocycles. The summed E-state index contributed by atoms with van der Waals surface area (Å²) >= 11 is 0. The lowest BCUT2D eigenvalue weighted by atomic mass is 9.92. The molecule has 2 fully saturated rings. The van der Waals surface area contributed by atoms with Gasteiger partial charge in [-0.2, -0.15) is 0 Å². The maximum atomic E-state index is 13.5. The molecular weight excluding hydrogens is 466 g/mol. The molecule has 0 aliphatic carbocycles. The Balaban J connectivity index is 1.32. The molecule has 0 bridgehead atoms. The molecule has 2 saturated heterocycles. The van der Waals surface area contributed by atoms with Gasteiger partial charge >= 0.3 is 0 Å².